The SMILES string of the molecule is Cc1ccc(N=Cc2ccc(-c3cccc(F)c3)o2)cc1Cl. The quantitative estimate of drug-likeness (QED) is 0.561. The molecule has 0 unspecified atom stereocenters. The Labute approximate surface area is 132 Å². The van der Waals surface area contributed by atoms with Crippen molar-refractivity contribution < 1.29 is 8.81 Å². The molecule has 0 bridgehead atoms. The van der Waals surface area contributed by atoms with Crippen molar-refractivity contribution in [3.8, 4) is 11.3 Å². The summed E-state index contributed by atoms with van der Waals surface area (Å²) in [4.78, 5) is 4.33. The molecule has 110 valence electrons. The maximum Gasteiger partial charge on any atom is 0.145 e. The van der Waals surface area contributed by atoms with Gasteiger partial charge >= 0.3 is 0 Å². The maximum absolute atomic E-state index is 13.2. The fourth-order valence-electron chi connectivity index (χ4n) is 2.02. The average molecular weight is 314 g/mol. The summed E-state index contributed by atoms with van der Waals surface area (Å²) < 4.78 is 18.9. The van der Waals surface area contributed by atoms with E-state index in [4.69, 9.17) is 16.0 Å². The second-order valence-electron chi connectivity index (χ2n) is 4.90. The largest absolute Gasteiger partial charge is 0.455 e. The zero-order valence-electron chi connectivity index (χ0n) is 11.9. The van der Waals surface area contributed by atoms with Gasteiger partial charge in [0, 0.05) is 10.6 Å². The fraction of sp³-hybridized carbons (Fsp3) is 0.0556. The van der Waals surface area contributed by atoms with E-state index >= 15 is 0 Å². The Kier molecular flexibility index (Phi) is 4.07. The lowest BCUT2D eigenvalue weighted by atomic mass is 10.2. The van der Waals surface area contributed by atoms with Crippen molar-refractivity contribution in [2.75, 3.05) is 0 Å². The van der Waals surface area contributed by atoms with E-state index in [1.807, 2.05) is 19.1 Å². The lowest BCUT2D eigenvalue weighted by Gasteiger charge is -1.98. The molecular formula is C18H13ClFNO. The third kappa shape index (κ3) is 3.26. The number of rotatable bonds is 3. The van der Waals surface area contributed by atoms with Crippen LogP contribution in [0, 0.1) is 12.7 Å². The summed E-state index contributed by atoms with van der Waals surface area (Å²) in [5.74, 6) is 0.900. The van der Waals surface area contributed by atoms with Crippen molar-refractivity contribution in [3.63, 3.8) is 0 Å². The van der Waals surface area contributed by atoms with Gasteiger partial charge in [0.2, 0.25) is 0 Å². The number of halogens is 2. The molecule has 0 aliphatic heterocycles. The van der Waals surface area contributed by atoms with Gasteiger partial charge in [0.05, 0.1) is 11.9 Å². The van der Waals surface area contributed by atoms with E-state index in [9.17, 15) is 4.39 Å². The smallest absolute Gasteiger partial charge is 0.145 e. The normalized spacial score (nSPS) is 11.2. The molecule has 1 aromatic heterocycles. The summed E-state index contributed by atoms with van der Waals surface area (Å²) in [5.41, 5.74) is 2.45. The van der Waals surface area contributed by atoms with Crippen LogP contribution < -0.4 is 0 Å². The monoisotopic (exact) mass is 313 g/mol. The molecule has 0 saturated heterocycles. The number of hydrogen-bond acceptors (Lipinski definition) is 2. The lowest BCUT2D eigenvalue weighted by molar-refractivity contribution is 0.573. The molecule has 2 nitrogen and oxygen atoms in total. The van der Waals surface area contributed by atoms with Crippen LogP contribution in [-0.2, 0) is 0 Å². The Morgan fingerprint density at radius 2 is 1.95 bits per heavy atom. The zero-order valence-corrected chi connectivity index (χ0v) is 12.6. The fourth-order valence-corrected chi connectivity index (χ4v) is 2.19. The van der Waals surface area contributed by atoms with Crippen molar-refractivity contribution in [2.24, 2.45) is 4.99 Å². The first-order valence-electron chi connectivity index (χ1n) is 6.78. The molecular weight excluding hydrogens is 301 g/mol. The second kappa shape index (κ2) is 6.16. The van der Waals surface area contributed by atoms with Gasteiger partial charge in [0.1, 0.15) is 17.3 Å². The standard InChI is InChI=1S/C18H13ClFNO/c1-12-5-6-15(10-17(12)19)21-11-16-7-8-18(22-16)13-3-2-4-14(20)9-13/h2-11H,1H3. The van der Waals surface area contributed by atoms with Gasteiger partial charge in [0.15, 0.2) is 0 Å². The van der Waals surface area contributed by atoms with Gasteiger partial charge in [-0.15, -0.1) is 0 Å². The molecule has 2 aromatic carbocycles. The van der Waals surface area contributed by atoms with E-state index in [2.05, 4.69) is 4.99 Å². The Morgan fingerprint density at radius 3 is 2.73 bits per heavy atom. The summed E-state index contributed by atoms with van der Waals surface area (Å²) >= 11 is 6.06. The van der Waals surface area contributed by atoms with E-state index in [-0.39, 0.29) is 5.82 Å². The van der Waals surface area contributed by atoms with Gasteiger partial charge < -0.3 is 4.42 Å². The molecule has 1 heterocycles. The first-order chi connectivity index (χ1) is 10.6. The summed E-state index contributed by atoms with van der Waals surface area (Å²) in [6, 6.07) is 15.4. The van der Waals surface area contributed by atoms with E-state index in [1.165, 1.54) is 12.1 Å². The highest BCUT2D eigenvalue weighted by molar-refractivity contribution is 6.31. The molecule has 0 amide bonds. The van der Waals surface area contributed by atoms with Gasteiger partial charge in [-0.05, 0) is 48.9 Å². The number of benzene rings is 2. The lowest BCUT2D eigenvalue weighted by Crippen LogP contribution is -1.78. The molecule has 0 radical (unpaired) electrons. The molecule has 0 atom stereocenters. The Morgan fingerprint density at radius 1 is 1.09 bits per heavy atom. The van der Waals surface area contributed by atoms with Crippen LogP contribution in [0.4, 0.5) is 10.1 Å². The van der Waals surface area contributed by atoms with Crippen LogP contribution in [-0.4, -0.2) is 6.21 Å². The van der Waals surface area contributed by atoms with Crippen LogP contribution >= 0.6 is 11.6 Å². The van der Waals surface area contributed by atoms with Gasteiger partial charge in [-0.1, -0.05) is 29.8 Å². The zero-order chi connectivity index (χ0) is 15.5. The Bertz CT molecular complexity index is 839. The predicted octanol–water partition coefficient (Wildman–Crippen LogP) is 5.80. The summed E-state index contributed by atoms with van der Waals surface area (Å²) in [5, 5.41) is 0.676. The molecule has 3 rings (SSSR count). The van der Waals surface area contributed by atoms with Crippen LogP contribution in [0.15, 0.2) is 64.0 Å². The molecule has 0 aliphatic carbocycles. The van der Waals surface area contributed by atoms with E-state index in [1.54, 1.807) is 36.5 Å². The predicted molar refractivity (Wildman–Crippen MR) is 87.5 cm³/mol. The number of aryl methyl sites for hydroxylation is 1. The minimum atomic E-state index is -0.293. The average Bonchev–Trinajstić information content (AvgIpc) is 2.97. The number of furan rings is 1. The van der Waals surface area contributed by atoms with Crippen LogP contribution in [0.1, 0.15) is 11.3 Å². The second-order valence-corrected chi connectivity index (χ2v) is 5.31. The highest BCUT2D eigenvalue weighted by Crippen LogP contribution is 2.24. The first-order valence-corrected chi connectivity index (χ1v) is 7.15. The van der Waals surface area contributed by atoms with Crippen molar-refractivity contribution in [2.45, 2.75) is 6.92 Å². The highest BCUT2D eigenvalue weighted by atomic mass is 35.5. The van der Waals surface area contributed by atoms with Crippen molar-refractivity contribution in [3.05, 3.63) is 76.8 Å². The minimum absolute atomic E-state index is 0.293. The molecule has 22 heavy (non-hydrogen) atoms. The summed E-state index contributed by atoms with van der Waals surface area (Å²) in [6.07, 6.45) is 1.61. The van der Waals surface area contributed by atoms with Gasteiger partial charge in [0.25, 0.3) is 0 Å². The number of nitrogens with zero attached hydrogens (tertiary/aromatic N) is 1. The van der Waals surface area contributed by atoms with Crippen LogP contribution in [0.3, 0.4) is 0 Å². The molecule has 0 fully saturated rings. The van der Waals surface area contributed by atoms with Gasteiger partial charge in [-0.2, -0.15) is 0 Å². The number of aliphatic imine (C=N–C) groups is 1. The van der Waals surface area contributed by atoms with Gasteiger partial charge in [-0.3, -0.25) is 4.99 Å². The van der Waals surface area contributed by atoms with Crippen molar-refractivity contribution in [1.82, 2.24) is 0 Å². The molecule has 0 spiro atoms. The summed E-state index contributed by atoms with van der Waals surface area (Å²) in [7, 11) is 0. The molecule has 4 heteroatoms. The van der Waals surface area contributed by atoms with E-state index in [0.717, 1.165) is 11.3 Å². The van der Waals surface area contributed by atoms with E-state index < -0.39 is 0 Å². The highest BCUT2D eigenvalue weighted by Gasteiger charge is 2.04. The molecule has 0 aliphatic rings. The number of hydrogen-bond donors (Lipinski definition) is 0. The Balaban J connectivity index is 1.82. The topological polar surface area (TPSA) is 25.5 Å². The maximum atomic E-state index is 13.2. The molecule has 0 N–H and O–H groups in total. The van der Waals surface area contributed by atoms with E-state index in [0.29, 0.717) is 22.1 Å². The van der Waals surface area contributed by atoms with Crippen LogP contribution in [0.25, 0.3) is 11.3 Å². The third-order valence-electron chi connectivity index (χ3n) is 3.23. The van der Waals surface area contributed by atoms with Crippen LogP contribution in [0.2, 0.25) is 5.02 Å². The molecule has 3 aromatic rings. The van der Waals surface area contributed by atoms with Crippen molar-refractivity contribution in [1.29, 1.82) is 0 Å². The first kappa shape index (κ1) is 14.5. The molecule has 0 saturated carbocycles. The van der Waals surface area contributed by atoms with Crippen LogP contribution in [0.5, 0.6) is 0 Å². The Hall–Kier alpha value is -2.39. The summed E-state index contributed by atoms with van der Waals surface area (Å²) in [6.45, 7) is 1.94. The van der Waals surface area contributed by atoms with Gasteiger partial charge in [-0.25, -0.2) is 4.39 Å². The van der Waals surface area contributed by atoms with Crippen molar-refractivity contribution >= 4 is 23.5 Å². The third-order valence-corrected chi connectivity index (χ3v) is 3.64. The minimum Gasteiger partial charge on any atom is -0.455 e.